The molecule has 3 aromatic carbocycles. The molecule has 0 aliphatic carbocycles. The summed E-state index contributed by atoms with van der Waals surface area (Å²) in [6.07, 6.45) is 5.60. The number of hydrogen-bond acceptors (Lipinski definition) is 16. The third-order valence-corrected chi connectivity index (χ3v) is 13.5. The number of allylic oxidation sites excluding steroid dienone is 2. The SMILES string of the molecule is COc1cccc(CN2CCCN(N=Cc3c4c(O)c5c(O)c(C)c6c(c5c3O)C(=O)[C@@](C)(OC=C[C@H](OC)[C@H](C)[C@H](OC(C)=O)[C@H](C)[C@H](O)[C@H](C)[C@@H](O)[C@H](C)C=CC=C(C)C(=O)N4)O6)CC2)c1. The first-order valence-electron chi connectivity index (χ1n) is 22.9. The molecule has 17 heteroatoms. The van der Waals surface area contributed by atoms with Crippen molar-refractivity contribution in [3.8, 4) is 28.7 Å². The number of carbonyl (C=O) groups excluding carboxylic acids is 3. The molecule has 3 aromatic rings. The zero-order valence-electron chi connectivity index (χ0n) is 40.5. The molecular formula is C51H66N4O13. The average Bonchev–Trinajstić information content (AvgIpc) is 3.41. The number of phenols is 3. The van der Waals surface area contributed by atoms with Crippen LogP contribution in [0, 0.1) is 30.6 Å². The smallest absolute Gasteiger partial charge is 0.312 e. The van der Waals surface area contributed by atoms with Crippen molar-refractivity contribution in [1.82, 2.24) is 9.91 Å². The van der Waals surface area contributed by atoms with E-state index in [0.29, 0.717) is 26.2 Å². The largest absolute Gasteiger partial charge is 0.507 e. The van der Waals surface area contributed by atoms with Crippen LogP contribution in [0.15, 0.2) is 65.5 Å². The van der Waals surface area contributed by atoms with Crippen LogP contribution in [0.1, 0.15) is 81.9 Å². The molecule has 7 rings (SSSR count). The monoisotopic (exact) mass is 942 g/mol. The highest BCUT2D eigenvalue weighted by atomic mass is 16.7. The number of hydrogen-bond donors (Lipinski definition) is 6. The maximum absolute atomic E-state index is 14.6. The Bertz CT molecular complexity index is 2500. The number of nitrogens with one attached hydrogen (secondary N) is 1. The van der Waals surface area contributed by atoms with Crippen molar-refractivity contribution >= 4 is 40.3 Å². The normalized spacial score (nSPS) is 27.8. The lowest BCUT2D eigenvalue weighted by Crippen LogP contribution is -2.46. The fourth-order valence-corrected chi connectivity index (χ4v) is 9.27. The number of fused-ring (bicyclic) bond motifs is 14. The second kappa shape index (κ2) is 21.4. The summed E-state index contributed by atoms with van der Waals surface area (Å²) in [5, 5.41) is 67.9. The van der Waals surface area contributed by atoms with Crippen LogP contribution >= 0.6 is 0 Å². The topological polar surface area (TPSA) is 229 Å². The molecule has 68 heavy (non-hydrogen) atoms. The summed E-state index contributed by atoms with van der Waals surface area (Å²) >= 11 is 0. The summed E-state index contributed by atoms with van der Waals surface area (Å²) in [4.78, 5) is 43.3. The number of anilines is 1. The molecule has 6 N–H and O–H groups in total. The third kappa shape index (κ3) is 10.6. The van der Waals surface area contributed by atoms with Gasteiger partial charge in [0.25, 0.3) is 11.7 Å². The number of methoxy groups -OCH3 is 2. The van der Waals surface area contributed by atoms with Crippen LogP contribution in [0.2, 0.25) is 0 Å². The molecule has 0 saturated carbocycles. The maximum atomic E-state index is 14.6. The van der Waals surface area contributed by atoms with E-state index in [-0.39, 0.29) is 44.5 Å². The zero-order valence-corrected chi connectivity index (χ0v) is 40.5. The highest BCUT2D eigenvalue weighted by molar-refractivity contribution is 6.23. The van der Waals surface area contributed by atoms with Gasteiger partial charge in [-0.1, -0.05) is 58.1 Å². The van der Waals surface area contributed by atoms with E-state index in [2.05, 4.69) is 10.2 Å². The fraction of sp³-hybridized carbons (Fsp3) is 0.490. The van der Waals surface area contributed by atoms with Gasteiger partial charge >= 0.3 is 11.8 Å². The van der Waals surface area contributed by atoms with Gasteiger partial charge in [0.1, 0.15) is 29.1 Å². The van der Waals surface area contributed by atoms with E-state index in [1.165, 1.54) is 59.4 Å². The van der Waals surface area contributed by atoms with E-state index in [1.54, 1.807) is 47.0 Å². The van der Waals surface area contributed by atoms with Gasteiger partial charge in [0.15, 0.2) is 5.75 Å². The molecule has 368 valence electrons. The first-order valence-corrected chi connectivity index (χ1v) is 22.9. The Morgan fingerprint density at radius 3 is 2.37 bits per heavy atom. The van der Waals surface area contributed by atoms with Crippen molar-refractivity contribution in [3.05, 3.63) is 82.7 Å². The summed E-state index contributed by atoms with van der Waals surface area (Å²) < 4.78 is 29.2. The van der Waals surface area contributed by atoms with Crippen LogP contribution in [0.25, 0.3) is 10.8 Å². The van der Waals surface area contributed by atoms with Crippen molar-refractivity contribution in [2.24, 2.45) is 28.8 Å². The minimum absolute atomic E-state index is 0.0473. The summed E-state index contributed by atoms with van der Waals surface area (Å²) in [6, 6.07) is 7.88. The fourth-order valence-electron chi connectivity index (χ4n) is 9.27. The number of esters is 1. The van der Waals surface area contributed by atoms with Crippen LogP contribution in [0.4, 0.5) is 5.69 Å². The number of ketones is 1. The molecule has 4 aliphatic heterocycles. The van der Waals surface area contributed by atoms with E-state index in [4.69, 9.17) is 28.8 Å². The molecule has 0 spiro atoms. The Hall–Kier alpha value is -6.14. The standard InChI is InChI=1S/C51H66N4O13/c1-27-14-11-15-28(2)50(63)53-41-36(25-52-55-20-13-19-54(21-22-55)26-34-16-12-17-35(24-34)64-9)45(60)38-39(46(41)61)44(59)32(6)48-40(38)49(62)51(8,68-48)66-23-18-37(65-10)29(3)47(67-33(7)56)31(5)43(58)30(4)42(27)57/h11-12,14-18,23-25,27,29-31,37,42-43,47,57-61H,13,19-22,26H2,1-10H3,(H,53,63)/t27-,29+,30-,31-,37+,42+,43-,47+,51+/m1/s1. The lowest BCUT2D eigenvalue weighted by atomic mass is 9.78. The van der Waals surface area contributed by atoms with Crippen LogP contribution in [0.3, 0.4) is 0 Å². The molecule has 9 atom stereocenters. The first-order chi connectivity index (χ1) is 32.2. The van der Waals surface area contributed by atoms with Crippen molar-refractivity contribution in [2.45, 2.75) is 98.6 Å². The minimum Gasteiger partial charge on any atom is -0.507 e. The molecule has 4 heterocycles. The number of phenolic OH excluding ortho intramolecular Hbond substituents is 3. The Morgan fingerprint density at radius 2 is 1.68 bits per heavy atom. The number of aromatic hydroxyl groups is 3. The summed E-state index contributed by atoms with van der Waals surface area (Å²) in [5.41, 5.74) is 0.689. The minimum atomic E-state index is -2.07. The van der Waals surface area contributed by atoms with Crippen LogP contribution in [-0.2, 0) is 30.3 Å². The van der Waals surface area contributed by atoms with E-state index in [9.17, 15) is 39.9 Å². The van der Waals surface area contributed by atoms with Gasteiger partial charge in [-0.2, -0.15) is 5.10 Å². The third-order valence-electron chi connectivity index (χ3n) is 13.5. The molecule has 5 bridgehead atoms. The van der Waals surface area contributed by atoms with Crippen LogP contribution in [0.5, 0.6) is 28.7 Å². The Labute approximate surface area is 397 Å². The van der Waals surface area contributed by atoms with Gasteiger partial charge < -0.3 is 54.5 Å². The summed E-state index contributed by atoms with van der Waals surface area (Å²) in [7, 11) is 3.07. The first kappa shape index (κ1) is 51.3. The lowest BCUT2D eigenvalue weighted by molar-refractivity contribution is -0.160. The predicted octanol–water partition coefficient (Wildman–Crippen LogP) is 6.30. The van der Waals surface area contributed by atoms with Gasteiger partial charge in [0, 0.05) is 93.9 Å². The van der Waals surface area contributed by atoms with E-state index in [0.717, 1.165) is 24.3 Å². The molecule has 1 fully saturated rings. The van der Waals surface area contributed by atoms with Gasteiger partial charge in [0.2, 0.25) is 0 Å². The lowest BCUT2D eigenvalue weighted by Gasteiger charge is -2.38. The van der Waals surface area contributed by atoms with E-state index < -0.39 is 88.8 Å². The Morgan fingerprint density at radius 1 is 0.941 bits per heavy atom. The van der Waals surface area contributed by atoms with E-state index in [1.807, 2.05) is 29.3 Å². The molecule has 0 unspecified atom stereocenters. The zero-order chi connectivity index (χ0) is 49.8. The van der Waals surface area contributed by atoms with Crippen molar-refractivity contribution < 1.29 is 63.6 Å². The van der Waals surface area contributed by atoms with Crippen molar-refractivity contribution in [3.63, 3.8) is 0 Å². The number of hydrazone groups is 1. The molecule has 1 saturated heterocycles. The van der Waals surface area contributed by atoms with Crippen molar-refractivity contribution in [2.75, 3.05) is 45.7 Å². The number of nitrogens with zero attached hydrogens (tertiary/aromatic N) is 3. The van der Waals surface area contributed by atoms with Gasteiger partial charge in [0.05, 0.1) is 60.1 Å². The highest BCUT2D eigenvalue weighted by Gasteiger charge is 2.50. The molecular weight excluding hydrogens is 877 g/mol. The number of aliphatic hydroxyl groups is 2. The molecule has 17 nitrogen and oxygen atoms in total. The number of ether oxygens (including phenoxy) is 5. The van der Waals surface area contributed by atoms with Crippen LogP contribution in [-0.4, -0.2) is 130 Å². The van der Waals surface area contributed by atoms with Gasteiger partial charge in [-0.15, -0.1) is 0 Å². The highest BCUT2D eigenvalue weighted by Crippen LogP contribution is 2.55. The predicted molar refractivity (Wildman–Crippen MR) is 256 cm³/mol. The van der Waals surface area contributed by atoms with Gasteiger partial charge in [-0.05, 0) is 44.0 Å². The van der Waals surface area contributed by atoms with Crippen molar-refractivity contribution in [1.29, 1.82) is 0 Å². The Balaban J connectivity index is 1.45. The molecule has 0 aromatic heterocycles. The number of Topliss-reactive ketones (excluding diaryl/α,β-unsaturated/α-hetero) is 1. The number of amides is 1. The maximum Gasteiger partial charge on any atom is 0.312 e. The quantitative estimate of drug-likeness (QED) is 0.0661. The number of aliphatic hydroxyl groups excluding tert-OH is 2. The second-order valence-corrected chi connectivity index (χ2v) is 18.3. The Kier molecular flexibility index (Phi) is 16.2. The second-order valence-electron chi connectivity index (χ2n) is 18.3. The van der Waals surface area contributed by atoms with Crippen LogP contribution < -0.4 is 14.8 Å². The summed E-state index contributed by atoms with van der Waals surface area (Å²) in [5.74, 6) is -7.72. The van der Waals surface area contributed by atoms with Gasteiger partial charge in [-0.3, -0.25) is 24.3 Å². The number of benzene rings is 3. The average molecular weight is 943 g/mol. The van der Waals surface area contributed by atoms with Gasteiger partial charge in [-0.25, -0.2) is 0 Å². The number of rotatable bonds is 7. The molecule has 0 radical (unpaired) electrons. The summed E-state index contributed by atoms with van der Waals surface area (Å²) in [6.45, 7) is 15.7. The molecule has 1 amide bonds. The molecule has 4 aliphatic rings. The number of carbonyl (C=O) groups is 3. The van der Waals surface area contributed by atoms with E-state index >= 15 is 0 Å².